The summed E-state index contributed by atoms with van der Waals surface area (Å²) < 4.78 is 15.5. The summed E-state index contributed by atoms with van der Waals surface area (Å²) in [7, 11) is 1.68. The number of rotatable bonds is 2. The summed E-state index contributed by atoms with van der Waals surface area (Å²) in [5.41, 5.74) is 1.06. The largest absolute Gasteiger partial charge is 0.348 e. The first-order valence-corrected chi connectivity index (χ1v) is 9.13. The molecule has 1 amide bonds. The molecule has 1 saturated heterocycles. The molecule has 28 heavy (non-hydrogen) atoms. The fraction of sp³-hybridized carbons (Fsp3) is 0.263. The molecular weight excluding hydrogens is 385 g/mol. The SMILES string of the molecule is Cn1c(=O)c(N2CCN(C(=O)c3cc(Cl)ccc3F)CC2)nc2ccncc21. The van der Waals surface area contributed by atoms with Crippen molar-refractivity contribution in [1.82, 2.24) is 19.4 Å². The Bertz CT molecular complexity index is 1120. The molecule has 144 valence electrons. The molecule has 0 aliphatic carbocycles. The van der Waals surface area contributed by atoms with E-state index >= 15 is 0 Å². The number of halogens is 2. The molecule has 3 heterocycles. The summed E-state index contributed by atoms with van der Waals surface area (Å²) in [6.45, 7) is 1.55. The zero-order chi connectivity index (χ0) is 19.8. The van der Waals surface area contributed by atoms with Crippen LogP contribution in [0.25, 0.3) is 11.0 Å². The summed E-state index contributed by atoms with van der Waals surface area (Å²) in [4.78, 5) is 37.2. The van der Waals surface area contributed by atoms with Crippen molar-refractivity contribution in [3.8, 4) is 0 Å². The summed E-state index contributed by atoms with van der Waals surface area (Å²) in [6.07, 6.45) is 3.23. The quantitative estimate of drug-likeness (QED) is 0.657. The maximum absolute atomic E-state index is 14.0. The van der Waals surface area contributed by atoms with Crippen molar-refractivity contribution in [3.05, 3.63) is 63.4 Å². The zero-order valence-electron chi connectivity index (χ0n) is 15.1. The first kappa shape index (κ1) is 18.4. The molecule has 2 aromatic heterocycles. The highest BCUT2D eigenvalue weighted by Gasteiger charge is 2.26. The van der Waals surface area contributed by atoms with E-state index in [2.05, 4.69) is 9.97 Å². The van der Waals surface area contributed by atoms with Crippen molar-refractivity contribution in [3.63, 3.8) is 0 Å². The Balaban J connectivity index is 1.55. The van der Waals surface area contributed by atoms with Gasteiger partial charge in [-0.3, -0.25) is 14.6 Å². The number of amides is 1. The van der Waals surface area contributed by atoms with Gasteiger partial charge in [-0.15, -0.1) is 0 Å². The fourth-order valence-electron chi connectivity index (χ4n) is 3.31. The van der Waals surface area contributed by atoms with E-state index in [1.807, 2.05) is 4.90 Å². The van der Waals surface area contributed by atoms with Crippen LogP contribution in [-0.2, 0) is 7.05 Å². The van der Waals surface area contributed by atoms with Crippen LogP contribution in [0.1, 0.15) is 10.4 Å². The Morgan fingerprint density at radius 2 is 1.93 bits per heavy atom. The third-order valence-electron chi connectivity index (χ3n) is 4.89. The molecule has 0 unspecified atom stereocenters. The molecule has 1 aliphatic heterocycles. The lowest BCUT2D eigenvalue weighted by molar-refractivity contribution is 0.0741. The smallest absolute Gasteiger partial charge is 0.293 e. The Morgan fingerprint density at radius 1 is 1.18 bits per heavy atom. The van der Waals surface area contributed by atoms with Crippen LogP contribution in [0, 0.1) is 5.82 Å². The molecule has 0 spiro atoms. The highest BCUT2D eigenvalue weighted by Crippen LogP contribution is 2.19. The first-order chi connectivity index (χ1) is 13.5. The normalized spacial score (nSPS) is 14.5. The molecule has 0 saturated carbocycles. The molecule has 9 heteroatoms. The number of benzene rings is 1. The van der Waals surface area contributed by atoms with E-state index in [0.717, 1.165) is 0 Å². The zero-order valence-corrected chi connectivity index (χ0v) is 15.9. The number of aromatic nitrogens is 3. The van der Waals surface area contributed by atoms with Crippen LogP contribution >= 0.6 is 11.6 Å². The Labute approximate surface area is 165 Å². The molecule has 1 aromatic carbocycles. The number of carbonyl (C=O) groups is 1. The van der Waals surface area contributed by atoms with Gasteiger partial charge in [0.25, 0.3) is 11.5 Å². The number of nitrogens with zero attached hydrogens (tertiary/aromatic N) is 5. The average Bonchev–Trinajstić information content (AvgIpc) is 2.72. The van der Waals surface area contributed by atoms with Gasteiger partial charge in [0.05, 0.1) is 22.8 Å². The van der Waals surface area contributed by atoms with Crippen molar-refractivity contribution in [2.24, 2.45) is 7.05 Å². The van der Waals surface area contributed by atoms with E-state index in [1.54, 1.807) is 30.4 Å². The molecule has 0 bridgehead atoms. The molecule has 0 N–H and O–H groups in total. The maximum atomic E-state index is 14.0. The minimum atomic E-state index is -0.601. The van der Waals surface area contributed by atoms with Crippen molar-refractivity contribution in [2.75, 3.05) is 31.1 Å². The molecule has 3 aromatic rings. The average molecular weight is 402 g/mol. The van der Waals surface area contributed by atoms with Gasteiger partial charge in [-0.05, 0) is 24.3 Å². The number of piperazine rings is 1. The van der Waals surface area contributed by atoms with E-state index in [-0.39, 0.29) is 11.1 Å². The van der Waals surface area contributed by atoms with Gasteiger partial charge in [-0.25, -0.2) is 9.37 Å². The number of fused-ring (bicyclic) bond motifs is 1. The third kappa shape index (κ3) is 3.20. The Morgan fingerprint density at radius 3 is 2.68 bits per heavy atom. The summed E-state index contributed by atoms with van der Waals surface area (Å²) in [5, 5.41) is 0.307. The topological polar surface area (TPSA) is 71.3 Å². The standard InChI is InChI=1S/C19H17ClFN5O2/c1-24-16-11-22-5-4-15(16)23-17(19(24)28)25-6-8-26(9-7-25)18(27)13-10-12(20)2-3-14(13)21/h2-5,10-11H,6-9H2,1H3. The lowest BCUT2D eigenvalue weighted by atomic mass is 10.1. The summed E-state index contributed by atoms with van der Waals surface area (Å²) in [6, 6.07) is 5.67. The van der Waals surface area contributed by atoms with Gasteiger partial charge in [0, 0.05) is 44.4 Å². The number of hydrogen-bond acceptors (Lipinski definition) is 5. The second kappa shape index (κ2) is 7.20. The van der Waals surface area contributed by atoms with Crippen LogP contribution < -0.4 is 10.5 Å². The van der Waals surface area contributed by atoms with Gasteiger partial charge in [0.1, 0.15) is 5.82 Å². The van der Waals surface area contributed by atoms with Gasteiger partial charge in [-0.2, -0.15) is 0 Å². The Hall–Kier alpha value is -3.00. The lowest BCUT2D eigenvalue weighted by Gasteiger charge is -2.35. The summed E-state index contributed by atoms with van der Waals surface area (Å²) >= 11 is 5.89. The van der Waals surface area contributed by atoms with Gasteiger partial charge in [-0.1, -0.05) is 11.6 Å². The second-order valence-electron chi connectivity index (χ2n) is 6.57. The number of aryl methyl sites for hydroxylation is 1. The van der Waals surface area contributed by atoms with Crippen molar-refractivity contribution in [1.29, 1.82) is 0 Å². The molecular formula is C19H17ClFN5O2. The maximum Gasteiger partial charge on any atom is 0.293 e. The number of hydrogen-bond donors (Lipinski definition) is 0. The molecule has 4 rings (SSSR count). The number of pyridine rings is 1. The first-order valence-electron chi connectivity index (χ1n) is 8.76. The van der Waals surface area contributed by atoms with E-state index in [4.69, 9.17) is 11.6 Å². The van der Waals surface area contributed by atoms with Crippen LogP contribution in [0.3, 0.4) is 0 Å². The molecule has 7 nitrogen and oxygen atoms in total. The highest BCUT2D eigenvalue weighted by molar-refractivity contribution is 6.31. The number of anilines is 1. The Kier molecular flexibility index (Phi) is 4.72. The molecule has 0 radical (unpaired) electrons. The van der Waals surface area contributed by atoms with E-state index in [1.165, 1.54) is 22.8 Å². The van der Waals surface area contributed by atoms with E-state index < -0.39 is 11.7 Å². The fourth-order valence-corrected chi connectivity index (χ4v) is 3.48. The molecule has 0 atom stereocenters. The van der Waals surface area contributed by atoms with Crippen LogP contribution in [0.5, 0.6) is 0 Å². The van der Waals surface area contributed by atoms with Crippen LogP contribution in [0.2, 0.25) is 5.02 Å². The van der Waals surface area contributed by atoms with Crippen molar-refractivity contribution < 1.29 is 9.18 Å². The predicted molar refractivity (Wildman–Crippen MR) is 104 cm³/mol. The van der Waals surface area contributed by atoms with Gasteiger partial charge in [0.15, 0.2) is 5.82 Å². The van der Waals surface area contributed by atoms with Gasteiger partial charge >= 0.3 is 0 Å². The minimum absolute atomic E-state index is 0.0480. The summed E-state index contributed by atoms with van der Waals surface area (Å²) in [5.74, 6) is -0.678. The molecule has 1 fully saturated rings. The van der Waals surface area contributed by atoms with Crippen molar-refractivity contribution in [2.45, 2.75) is 0 Å². The van der Waals surface area contributed by atoms with Gasteiger partial charge < -0.3 is 14.4 Å². The lowest BCUT2D eigenvalue weighted by Crippen LogP contribution is -2.50. The van der Waals surface area contributed by atoms with Crippen molar-refractivity contribution >= 4 is 34.4 Å². The van der Waals surface area contributed by atoms with E-state index in [9.17, 15) is 14.0 Å². The minimum Gasteiger partial charge on any atom is -0.348 e. The van der Waals surface area contributed by atoms with Crippen LogP contribution in [-0.4, -0.2) is 51.5 Å². The number of carbonyl (C=O) groups excluding carboxylic acids is 1. The molecule has 1 aliphatic rings. The van der Waals surface area contributed by atoms with Crippen LogP contribution in [0.15, 0.2) is 41.5 Å². The van der Waals surface area contributed by atoms with Crippen LogP contribution in [0.4, 0.5) is 10.2 Å². The third-order valence-corrected chi connectivity index (χ3v) is 5.12. The van der Waals surface area contributed by atoms with E-state index in [0.29, 0.717) is 48.1 Å². The highest BCUT2D eigenvalue weighted by atomic mass is 35.5. The monoisotopic (exact) mass is 401 g/mol. The van der Waals surface area contributed by atoms with Gasteiger partial charge in [0.2, 0.25) is 0 Å². The second-order valence-corrected chi connectivity index (χ2v) is 7.00. The predicted octanol–water partition coefficient (Wildman–Crippen LogP) is 2.08.